The van der Waals surface area contributed by atoms with Crippen LogP contribution in [0.1, 0.15) is 25.7 Å². The van der Waals surface area contributed by atoms with Crippen molar-refractivity contribution in [1.82, 2.24) is 9.71 Å². The van der Waals surface area contributed by atoms with Crippen molar-refractivity contribution in [3.63, 3.8) is 0 Å². The molecule has 112 valence electrons. The van der Waals surface area contributed by atoms with Crippen LogP contribution in [0.2, 0.25) is 0 Å². The lowest BCUT2D eigenvalue weighted by atomic mass is 9.80. The third-order valence-corrected chi connectivity index (χ3v) is 6.45. The summed E-state index contributed by atoms with van der Waals surface area (Å²) in [6.45, 7) is 0.505. The Kier molecular flexibility index (Phi) is 6.01. The summed E-state index contributed by atoms with van der Waals surface area (Å²) in [7, 11) is -3.47. The van der Waals surface area contributed by atoms with Crippen molar-refractivity contribution in [3.05, 3.63) is 22.9 Å². The maximum atomic E-state index is 12.2. The number of pyridine rings is 1. The predicted molar refractivity (Wildman–Crippen MR) is 86.4 cm³/mol. The topological polar surface area (TPSA) is 59.1 Å². The maximum Gasteiger partial charge on any atom is 0.242 e. The van der Waals surface area contributed by atoms with Gasteiger partial charge in [-0.05, 0) is 46.7 Å². The first kappa shape index (κ1) is 16.4. The number of hydrogen-bond donors (Lipinski definition) is 1. The van der Waals surface area contributed by atoms with Crippen LogP contribution in [0.15, 0.2) is 27.8 Å². The summed E-state index contributed by atoms with van der Waals surface area (Å²) < 4.78 is 27.9. The molecule has 1 aromatic rings. The lowest BCUT2D eigenvalue weighted by Crippen LogP contribution is -2.34. The molecule has 0 radical (unpaired) electrons. The van der Waals surface area contributed by atoms with E-state index in [0.717, 1.165) is 11.8 Å². The van der Waals surface area contributed by atoms with Crippen molar-refractivity contribution in [1.29, 1.82) is 0 Å². The van der Waals surface area contributed by atoms with Gasteiger partial charge < -0.3 is 0 Å². The van der Waals surface area contributed by atoms with Gasteiger partial charge in [-0.15, -0.1) is 0 Å². The van der Waals surface area contributed by atoms with Gasteiger partial charge in [0.05, 0.1) is 0 Å². The van der Waals surface area contributed by atoms with Gasteiger partial charge in [-0.2, -0.15) is 0 Å². The highest BCUT2D eigenvalue weighted by atomic mass is 79.9. The van der Waals surface area contributed by atoms with Crippen molar-refractivity contribution in [2.24, 2.45) is 11.8 Å². The molecule has 1 fully saturated rings. The average Bonchev–Trinajstić information content (AvgIpc) is 2.45. The third kappa shape index (κ3) is 4.26. The van der Waals surface area contributed by atoms with Crippen LogP contribution in [-0.2, 0) is 10.0 Å². The summed E-state index contributed by atoms with van der Waals surface area (Å²) in [5.74, 6) is 0.977. The first-order valence-electron chi connectivity index (χ1n) is 6.69. The summed E-state index contributed by atoms with van der Waals surface area (Å²) in [6.07, 6.45) is 7.64. The highest BCUT2D eigenvalue weighted by Gasteiger charge is 2.26. The van der Waals surface area contributed by atoms with E-state index in [1.807, 2.05) is 0 Å². The Balaban J connectivity index is 2.02. The van der Waals surface area contributed by atoms with Crippen LogP contribution < -0.4 is 4.72 Å². The Labute approximate surface area is 137 Å². The smallest absolute Gasteiger partial charge is 0.242 e. The Morgan fingerprint density at radius 1 is 1.25 bits per heavy atom. The lowest BCUT2D eigenvalue weighted by molar-refractivity contribution is 0.263. The number of alkyl halides is 1. The molecule has 4 nitrogen and oxygen atoms in total. The van der Waals surface area contributed by atoms with Crippen molar-refractivity contribution in [3.8, 4) is 0 Å². The van der Waals surface area contributed by atoms with Gasteiger partial charge in [-0.25, -0.2) is 13.1 Å². The minimum Gasteiger partial charge on any atom is -0.262 e. The zero-order valence-electron chi connectivity index (χ0n) is 11.1. The Hall–Kier alpha value is 0.0200. The molecule has 0 aliphatic heterocycles. The Morgan fingerprint density at radius 2 is 1.95 bits per heavy atom. The molecule has 0 saturated heterocycles. The monoisotopic (exact) mass is 424 g/mol. The van der Waals surface area contributed by atoms with E-state index in [4.69, 9.17) is 0 Å². The van der Waals surface area contributed by atoms with Crippen molar-refractivity contribution >= 4 is 41.9 Å². The third-order valence-electron chi connectivity index (χ3n) is 3.79. The van der Waals surface area contributed by atoms with Gasteiger partial charge in [0.1, 0.15) is 4.90 Å². The van der Waals surface area contributed by atoms with E-state index in [2.05, 4.69) is 41.6 Å². The minimum absolute atomic E-state index is 0.207. The standard InChI is InChI=1S/C13H18Br2N2O2S/c14-6-10-3-1-2-4-11(10)7-17-20(18,19)13-5-12(15)8-16-9-13/h5,8-11,17H,1-4,6-7H2. The fourth-order valence-corrected chi connectivity index (χ4v) is 5.05. The van der Waals surface area contributed by atoms with E-state index in [-0.39, 0.29) is 4.90 Å². The highest BCUT2D eigenvalue weighted by molar-refractivity contribution is 9.10. The van der Waals surface area contributed by atoms with Gasteiger partial charge in [-0.3, -0.25) is 4.98 Å². The first-order chi connectivity index (χ1) is 9.53. The second kappa shape index (κ2) is 7.33. The van der Waals surface area contributed by atoms with Gasteiger partial charge in [0, 0.05) is 28.7 Å². The SMILES string of the molecule is O=S(=O)(NCC1CCCCC1CBr)c1cncc(Br)c1. The Morgan fingerprint density at radius 3 is 2.60 bits per heavy atom. The number of rotatable bonds is 5. The molecular formula is C13H18Br2N2O2S. The molecule has 1 aliphatic rings. The molecule has 20 heavy (non-hydrogen) atoms. The van der Waals surface area contributed by atoms with E-state index in [1.54, 1.807) is 12.3 Å². The summed E-state index contributed by atoms with van der Waals surface area (Å²) in [6, 6.07) is 1.57. The normalized spacial score (nSPS) is 23.7. The molecule has 0 aromatic carbocycles. The fourth-order valence-electron chi connectivity index (χ4n) is 2.60. The molecule has 2 unspecified atom stereocenters. The van der Waals surface area contributed by atoms with E-state index in [9.17, 15) is 8.42 Å². The molecule has 1 saturated carbocycles. The number of halogens is 2. The van der Waals surface area contributed by atoms with Crippen LogP contribution in [0.5, 0.6) is 0 Å². The van der Waals surface area contributed by atoms with Crippen LogP contribution in [0.25, 0.3) is 0 Å². The minimum atomic E-state index is -3.47. The molecule has 0 spiro atoms. The summed E-state index contributed by atoms with van der Waals surface area (Å²) in [5.41, 5.74) is 0. The number of hydrogen-bond acceptors (Lipinski definition) is 3. The molecule has 0 amide bonds. The van der Waals surface area contributed by atoms with Gasteiger partial charge in [-0.1, -0.05) is 28.8 Å². The molecule has 1 N–H and O–H groups in total. The van der Waals surface area contributed by atoms with Gasteiger partial charge >= 0.3 is 0 Å². The fraction of sp³-hybridized carbons (Fsp3) is 0.615. The number of sulfonamides is 1. The molecule has 1 heterocycles. The average molecular weight is 426 g/mol. The molecule has 2 rings (SSSR count). The molecule has 2 atom stereocenters. The number of nitrogens with one attached hydrogen (secondary N) is 1. The van der Waals surface area contributed by atoms with E-state index < -0.39 is 10.0 Å². The molecule has 1 aliphatic carbocycles. The summed E-state index contributed by atoms with van der Waals surface area (Å²) in [4.78, 5) is 4.11. The van der Waals surface area contributed by atoms with Crippen LogP contribution in [-0.4, -0.2) is 25.3 Å². The number of aromatic nitrogens is 1. The van der Waals surface area contributed by atoms with Gasteiger partial charge in [0.25, 0.3) is 0 Å². The van der Waals surface area contributed by atoms with E-state index in [0.29, 0.717) is 22.9 Å². The van der Waals surface area contributed by atoms with Crippen LogP contribution in [0, 0.1) is 11.8 Å². The summed E-state index contributed by atoms with van der Waals surface area (Å²) >= 11 is 6.77. The maximum absolute atomic E-state index is 12.2. The predicted octanol–water partition coefficient (Wildman–Crippen LogP) is 3.32. The molecule has 7 heteroatoms. The molecule has 1 aromatic heterocycles. The summed E-state index contributed by atoms with van der Waals surface area (Å²) in [5, 5.41) is 0.942. The van der Waals surface area contributed by atoms with Crippen LogP contribution in [0.4, 0.5) is 0 Å². The number of nitrogens with zero attached hydrogens (tertiary/aromatic N) is 1. The van der Waals surface area contributed by atoms with Crippen molar-refractivity contribution < 1.29 is 8.42 Å². The van der Waals surface area contributed by atoms with Crippen LogP contribution in [0.3, 0.4) is 0 Å². The van der Waals surface area contributed by atoms with Crippen LogP contribution >= 0.6 is 31.9 Å². The Bertz CT molecular complexity index is 551. The van der Waals surface area contributed by atoms with Gasteiger partial charge in [0.2, 0.25) is 10.0 Å². The van der Waals surface area contributed by atoms with E-state index in [1.165, 1.54) is 25.5 Å². The van der Waals surface area contributed by atoms with Gasteiger partial charge in [0.15, 0.2) is 0 Å². The van der Waals surface area contributed by atoms with Crippen molar-refractivity contribution in [2.75, 3.05) is 11.9 Å². The first-order valence-corrected chi connectivity index (χ1v) is 10.1. The zero-order valence-corrected chi connectivity index (χ0v) is 15.0. The lowest BCUT2D eigenvalue weighted by Gasteiger charge is -2.30. The highest BCUT2D eigenvalue weighted by Crippen LogP contribution is 2.31. The zero-order chi connectivity index (χ0) is 14.6. The van der Waals surface area contributed by atoms with E-state index >= 15 is 0 Å². The quantitative estimate of drug-likeness (QED) is 0.736. The molecule has 0 bridgehead atoms. The second-order valence-corrected chi connectivity index (χ2v) is 8.48. The van der Waals surface area contributed by atoms with Crippen molar-refractivity contribution in [2.45, 2.75) is 30.6 Å². The second-order valence-electron chi connectivity index (χ2n) is 5.15. The molecular weight excluding hydrogens is 408 g/mol. The largest absolute Gasteiger partial charge is 0.262 e.